The standard InChI is InChI=1S/C13H15N5OS/c1-10-14-15-16-18(10)12-4-2-11(3-5-12)13(19)17-6-8-20-9-7-17/h2-5H,6-9H2,1H3. The Hall–Kier alpha value is -1.89. The third-order valence-corrected chi connectivity index (χ3v) is 4.23. The topological polar surface area (TPSA) is 63.9 Å². The van der Waals surface area contributed by atoms with Gasteiger partial charge in [0.15, 0.2) is 5.82 Å². The lowest BCUT2D eigenvalue weighted by Crippen LogP contribution is -2.37. The Morgan fingerprint density at radius 3 is 2.50 bits per heavy atom. The molecule has 0 aliphatic carbocycles. The molecule has 2 heterocycles. The van der Waals surface area contributed by atoms with Gasteiger partial charge in [-0.1, -0.05) is 0 Å². The number of hydrogen-bond acceptors (Lipinski definition) is 5. The Morgan fingerprint density at radius 1 is 1.20 bits per heavy atom. The molecule has 1 aliphatic heterocycles. The fourth-order valence-electron chi connectivity index (χ4n) is 2.16. The summed E-state index contributed by atoms with van der Waals surface area (Å²) in [6.45, 7) is 3.50. The molecule has 6 nitrogen and oxygen atoms in total. The van der Waals surface area contributed by atoms with Crippen LogP contribution >= 0.6 is 11.8 Å². The number of benzene rings is 1. The summed E-state index contributed by atoms with van der Waals surface area (Å²) in [6, 6.07) is 7.41. The monoisotopic (exact) mass is 289 g/mol. The van der Waals surface area contributed by atoms with Crippen molar-refractivity contribution in [1.82, 2.24) is 25.1 Å². The van der Waals surface area contributed by atoms with Crippen molar-refractivity contribution in [2.75, 3.05) is 24.6 Å². The molecule has 1 aromatic heterocycles. The third-order valence-electron chi connectivity index (χ3n) is 3.28. The predicted molar refractivity (Wildman–Crippen MR) is 77.1 cm³/mol. The quantitative estimate of drug-likeness (QED) is 0.830. The van der Waals surface area contributed by atoms with E-state index in [1.165, 1.54) is 0 Å². The number of amides is 1. The average Bonchev–Trinajstić information content (AvgIpc) is 2.94. The van der Waals surface area contributed by atoms with Gasteiger partial charge >= 0.3 is 0 Å². The van der Waals surface area contributed by atoms with Crippen molar-refractivity contribution in [3.63, 3.8) is 0 Å². The zero-order chi connectivity index (χ0) is 13.9. The Balaban J connectivity index is 1.79. The Labute approximate surface area is 121 Å². The molecule has 3 rings (SSSR count). The fourth-order valence-corrected chi connectivity index (χ4v) is 3.07. The molecule has 0 bridgehead atoms. The number of hydrogen-bond donors (Lipinski definition) is 0. The zero-order valence-corrected chi connectivity index (χ0v) is 12.0. The van der Waals surface area contributed by atoms with Gasteiger partial charge in [0.1, 0.15) is 0 Å². The first-order chi connectivity index (χ1) is 9.75. The number of carbonyl (C=O) groups is 1. The lowest BCUT2D eigenvalue weighted by Gasteiger charge is -2.26. The summed E-state index contributed by atoms with van der Waals surface area (Å²) in [7, 11) is 0. The average molecular weight is 289 g/mol. The molecular formula is C13H15N5OS. The molecule has 7 heteroatoms. The highest BCUT2D eigenvalue weighted by atomic mass is 32.2. The van der Waals surface area contributed by atoms with Gasteiger partial charge in [0, 0.05) is 30.2 Å². The summed E-state index contributed by atoms with van der Waals surface area (Å²) in [5.74, 6) is 2.86. The molecular weight excluding hydrogens is 274 g/mol. The number of thioether (sulfide) groups is 1. The van der Waals surface area contributed by atoms with Crippen LogP contribution in [0.4, 0.5) is 0 Å². The Kier molecular flexibility index (Phi) is 3.68. The largest absolute Gasteiger partial charge is 0.337 e. The van der Waals surface area contributed by atoms with E-state index >= 15 is 0 Å². The van der Waals surface area contributed by atoms with Gasteiger partial charge in [0.25, 0.3) is 5.91 Å². The molecule has 1 saturated heterocycles. The first kappa shape index (κ1) is 13.1. The van der Waals surface area contributed by atoms with Crippen LogP contribution in [-0.2, 0) is 0 Å². The first-order valence-electron chi connectivity index (χ1n) is 6.48. The molecule has 1 fully saturated rings. The van der Waals surface area contributed by atoms with E-state index in [2.05, 4.69) is 15.5 Å². The molecule has 0 unspecified atom stereocenters. The summed E-state index contributed by atoms with van der Waals surface area (Å²) in [6.07, 6.45) is 0. The maximum Gasteiger partial charge on any atom is 0.253 e. The van der Waals surface area contributed by atoms with Crippen molar-refractivity contribution >= 4 is 17.7 Å². The molecule has 0 spiro atoms. The summed E-state index contributed by atoms with van der Waals surface area (Å²) < 4.78 is 1.64. The van der Waals surface area contributed by atoms with Gasteiger partial charge in [0.2, 0.25) is 0 Å². The first-order valence-corrected chi connectivity index (χ1v) is 7.63. The number of aromatic nitrogens is 4. The van der Waals surface area contributed by atoms with E-state index in [0.717, 1.165) is 36.1 Å². The van der Waals surface area contributed by atoms with Crippen molar-refractivity contribution in [1.29, 1.82) is 0 Å². The number of rotatable bonds is 2. The van der Waals surface area contributed by atoms with Crippen molar-refractivity contribution in [3.05, 3.63) is 35.7 Å². The molecule has 20 heavy (non-hydrogen) atoms. The maximum atomic E-state index is 12.3. The van der Waals surface area contributed by atoms with Crippen molar-refractivity contribution < 1.29 is 4.79 Å². The summed E-state index contributed by atoms with van der Waals surface area (Å²) in [4.78, 5) is 14.2. The van der Waals surface area contributed by atoms with E-state index in [-0.39, 0.29) is 5.91 Å². The van der Waals surface area contributed by atoms with Crippen LogP contribution in [0.3, 0.4) is 0 Å². The summed E-state index contributed by atoms with van der Waals surface area (Å²) >= 11 is 1.89. The highest BCUT2D eigenvalue weighted by molar-refractivity contribution is 7.99. The number of aryl methyl sites for hydroxylation is 1. The molecule has 2 aromatic rings. The summed E-state index contributed by atoms with van der Waals surface area (Å²) in [5.41, 5.74) is 1.57. The van der Waals surface area contributed by atoms with Crippen LogP contribution < -0.4 is 0 Å². The molecule has 1 aromatic carbocycles. The van der Waals surface area contributed by atoms with E-state index in [4.69, 9.17) is 0 Å². The number of tetrazole rings is 1. The zero-order valence-electron chi connectivity index (χ0n) is 11.2. The van der Waals surface area contributed by atoms with Gasteiger partial charge in [-0.25, -0.2) is 0 Å². The molecule has 1 aliphatic rings. The van der Waals surface area contributed by atoms with Gasteiger partial charge in [-0.15, -0.1) is 5.10 Å². The molecule has 0 radical (unpaired) electrons. The van der Waals surface area contributed by atoms with Crippen LogP contribution in [0.2, 0.25) is 0 Å². The highest BCUT2D eigenvalue weighted by Gasteiger charge is 2.18. The fraction of sp³-hybridized carbons (Fsp3) is 0.385. The van der Waals surface area contributed by atoms with Crippen LogP contribution in [0, 0.1) is 6.92 Å². The molecule has 0 N–H and O–H groups in total. The van der Waals surface area contributed by atoms with Gasteiger partial charge < -0.3 is 4.90 Å². The van der Waals surface area contributed by atoms with Crippen molar-refractivity contribution in [3.8, 4) is 5.69 Å². The minimum Gasteiger partial charge on any atom is -0.337 e. The molecule has 0 saturated carbocycles. The minimum atomic E-state index is 0.102. The van der Waals surface area contributed by atoms with Gasteiger partial charge in [-0.3, -0.25) is 4.79 Å². The maximum absolute atomic E-state index is 12.3. The van der Waals surface area contributed by atoms with E-state index < -0.39 is 0 Å². The van der Waals surface area contributed by atoms with E-state index in [0.29, 0.717) is 5.56 Å². The van der Waals surface area contributed by atoms with Gasteiger partial charge in [-0.2, -0.15) is 16.4 Å². The van der Waals surface area contributed by atoms with Crippen LogP contribution in [0.25, 0.3) is 5.69 Å². The number of carbonyl (C=O) groups excluding carboxylic acids is 1. The van der Waals surface area contributed by atoms with E-state index in [1.807, 2.05) is 47.9 Å². The van der Waals surface area contributed by atoms with E-state index in [9.17, 15) is 4.79 Å². The van der Waals surface area contributed by atoms with Crippen LogP contribution in [0.15, 0.2) is 24.3 Å². The highest BCUT2D eigenvalue weighted by Crippen LogP contribution is 2.15. The van der Waals surface area contributed by atoms with Crippen molar-refractivity contribution in [2.45, 2.75) is 6.92 Å². The van der Waals surface area contributed by atoms with Crippen molar-refractivity contribution in [2.24, 2.45) is 0 Å². The lowest BCUT2D eigenvalue weighted by molar-refractivity contribution is 0.0772. The smallest absolute Gasteiger partial charge is 0.253 e. The summed E-state index contributed by atoms with van der Waals surface area (Å²) in [5, 5.41) is 11.4. The Morgan fingerprint density at radius 2 is 1.90 bits per heavy atom. The van der Waals surface area contributed by atoms with Crippen LogP contribution in [0.5, 0.6) is 0 Å². The number of nitrogens with zero attached hydrogens (tertiary/aromatic N) is 5. The van der Waals surface area contributed by atoms with Gasteiger partial charge in [-0.05, 0) is 41.6 Å². The minimum absolute atomic E-state index is 0.102. The SMILES string of the molecule is Cc1nnnn1-c1ccc(C(=O)N2CCSCC2)cc1. The second-order valence-electron chi connectivity index (χ2n) is 4.59. The Bertz CT molecular complexity index is 603. The van der Waals surface area contributed by atoms with Crippen LogP contribution in [0.1, 0.15) is 16.2 Å². The molecule has 104 valence electrons. The van der Waals surface area contributed by atoms with Crippen LogP contribution in [-0.4, -0.2) is 55.6 Å². The molecule has 1 amide bonds. The normalized spacial score (nSPS) is 15.3. The van der Waals surface area contributed by atoms with E-state index in [1.54, 1.807) is 4.68 Å². The lowest BCUT2D eigenvalue weighted by atomic mass is 10.2. The van der Waals surface area contributed by atoms with Gasteiger partial charge in [0.05, 0.1) is 5.69 Å². The third kappa shape index (κ3) is 2.53. The molecule has 0 atom stereocenters. The second kappa shape index (κ2) is 5.62. The second-order valence-corrected chi connectivity index (χ2v) is 5.81. The predicted octanol–water partition coefficient (Wildman–Crippen LogP) is 1.16.